The van der Waals surface area contributed by atoms with Crippen molar-refractivity contribution in [3.05, 3.63) is 36.5 Å². The summed E-state index contributed by atoms with van der Waals surface area (Å²) in [4.78, 5) is 25.2. The number of unbranched alkanes of at least 4 members (excludes halogenated alkanes) is 28. The van der Waals surface area contributed by atoms with E-state index in [9.17, 15) is 9.59 Å². The van der Waals surface area contributed by atoms with Crippen molar-refractivity contribution in [2.45, 2.75) is 258 Å². The van der Waals surface area contributed by atoms with E-state index in [0.29, 0.717) is 19.4 Å². The minimum Gasteiger partial charge on any atom is -0.462 e. The van der Waals surface area contributed by atoms with E-state index in [-0.39, 0.29) is 25.2 Å². The van der Waals surface area contributed by atoms with Crippen LogP contribution in [0.15, 0.2) is 36.5 Å². The van der Waals surface area contributed by atoms with Gasteiger partial charge in [0.2, 0.25) is 0 Å². The zero-order valence-electron chi connectivity index (χ0n) is 37.7. The summed E-state index contributed by atoms with van der Waals surface area (Å²) in [6, 6.07) is 0. The van der Waals surface area contributed by atoms with Gasteiger partial charge in [0.15, 0.2) is 6.10 Å². The first-order valence-electron chi connectivity index (χ1n) is 24.5. The third kappa shape index (κ3) is 44.8. The highest BCUT2D eigenvalue weighted by Gasteiger charge is 2.17. The van der Waals surface area contributed by atoms with Gasteiger partial charge in [-0.2, -0.15) is 0 Å². The standard InChI is InChI=1S/C51H94O5/c1-4-7-10-13-16-19-21-22-23-24-25-26-27-28-29-31-34-37-40-43-46-54-47-49(56-51(53)45-42-39-36-32-18-15-12-9-6-3)48-55-50(52)44-41-38-35-33-30-20-17-14-11-8-5-2/h14,16-17,19,22-23,49H,4-13,15,18,20-21,24-48H2,1-3H3/b17-14-,19-16-,23-22-. The van der Waals surface area contributed by atoms with E-state index in [4.69, 9.17) is 14.2 Å². The van der Waals surface area contributed by atoms with Crippen molar-refractivity contribution < 1.29 is 23.8 Å². The molecule has 0 aromatic carbocycles. The van der Waals surface area contributed by atoms with Crippen molar-refractivity contribution in [1.29, 1.82) is 0 Å². The maximum absolute atomic E-state index is 12.7. The summed E-state index contributed by atoms with van der Waals surface area (Å²) in [5.41, 5.74) is 0. The molecule has 0 fully saturated rings. The Morgan fingerprint density at radius 2 is 0.768 bits per heavy atom. The van der Waals surface area contributed by atoms with Crippen molar-refractivity contribution in [2.75, 3.05) is 19.8 Å². The monoisotopic (exact) mass is 787 g/mol. The molecule has 328 valence electrons. The molecule has 5 nitrogen and oxygen atoms in total. The van der Waals surface area contributed by atoms with Gasteiger partial charge in [0.05, 0.1) is 6.61 Å². The summed E-state index contributed by atoms with van der Waals surface area (Å²) >= 11 is 0. The van der Waals surface area contributed by atoms with Gasteiger partial charge in [-0.05, 0) is 70.6 Å². The third-order valence-electron chi connectivity index (χ3n) is 10.6. The summed E-state index contributed by atoms with van der Waals surface area (Å²) in [6.45, 7) is 7.76. The van der Waals surface area contributed by atoms with Gasteiger partial charge < -0.3 is 14.2 Å². The Labute approximate surface area is 349 Å². The second-order valence-corrected chi connectivity index (χ2v) is 16.4. The summed E-state index contributed by atoms with van der Waals surface area (Å²) in [5.74, 6) is -0.404. The molecule has 0 aromatic heterocycles. The predicted molar refractivity (Wildman–Crippen MR) is 242 cm³/mol. The number of rotatable bonds is 45. The number of hydrogen-bond donors (Lipinski definition) is 0. The van der Waals surface area contributed by atoms with Gasteiger partial charge in [0.1, 0.15) is 6.61 Å². The highest BCUT2D eigenvalue weighted by atomic mass is 16.6. The Morgan fingerprint density at radius 1 is 0.393 bits per heavy atom. The highest BCUT2D eigenvalue weighted by Crippen LogP contribution is 2.14. The Bertz CT molecular complexity index is 893. The number of allylic oxidation sites excluding steroid dienone is 6. The lowest BCUT2D eigenvalue weighted by Crippen LogP contribution is -2.30. The summed E-state index contributed by atoms with van der Waals surface area (Å²) < 4.78 is 17.3. The molecule has 0 amide bonds. The van der Waals surface area contributed by atoms with Crippen LogP contribution in [0.4, 0.5) is 0 Å². The lowest BCUT2D eigenvalue weighted by molar-refractivity contribution is -0.163. The van der Waals surface area contributed by atoms with Gasteiger partial charge >= 0.3 is 11.9 Å². The van der Waals surface area contributed by atoms with E-state index in [1.165, 1.54) is 161 Å². The van der Waals surface area contributed by atoms with Crippen LogP contribution in [0.25, 0.3) is 0 Å². The number of ether oxygens (including phenoxy) is 3. The second-order valence-electron chi connectivity index (χ2n) is 16.4. The van der Waals surface area contributed by atoms with Gasteiger partial charge in [-0.15, -0.1) is 0 Å². The van der Waals surface area contributed by atoms with Crippen molar-refractivity contribution in [3.63, 3.8) is 0 Å². The third-order valence-corrected chi connectivity index (χ3v) is 10.6. The molecule has 0 N–H and O–H groups in total. The van der Waals surface area contributed by atoms with Crippen LogP contribution in [0, 0.1) is 0 Å². The largest absolute Gasteiger partial charge is 0.462 e. The molecule has 0 bridgehead atoms. The van der Waals surface area contributed by atoms with Gasteiger partial charge in [-0.1, -0.05) is 205 Å². The first-order chi connectivity index (χ1) is 27.6. The molecule has 0 spiro atoms. The highest BCUT2D eigenvalue weighted by molar-refractivity contribution is 5.70. The smallest absolute Gasteiger partial charge is 0.306 e. The molecular formula is C51H94O5. The maximum atomic E-state index is 12.7. The molecule has 1 unspecified atom stereocenters. The number of carbonyl (C=O) groups is 2. The average Bonchev–Trinajstić information content (AvgIpc) is 3.20. The molecule has 0 rings (SSSR count). The van der Waals surface area contributed by atoms with Crippen LogP contribution in [0.1, 0.15) is 252 Å². The molecule has 0 aliphatic carbocycles. The Morgan fingerprint density at radius 3 is 1.29 bits per heavy atom. The summed E-state index contributed by atoms with van der Waals surface area (Å²) in [7, 11) is 0. The molecule has 0 aliphatic heterocycles. The van der Waals surface area contributed by atoms with Crippen LogP contribution < -0.4 is 0 Å². The minimum absolute atomic E-state index is 0.0836. The fourth-order valence-corrected chi connectivity index (χ4v) is 6.93. The predicted octanol–water partition coefficient (Wildman–Crippen LogP) is 16.2. The second kappa shape index (κ2) is 47.5. The Hall–Kier alpha value is -1.88. The van der Waals surface area contributed by atoms with Gasteiger partial charge in [0.25, 0.3) is 0 Å². The summed E-state index contributed by atoms with van der Waals surface area (Å²) in [5, 5.41) is 0. The van der Waals surface area contributed by atoms with Gasteiger partial charge in [-0.25, -0.2) is 0 Å². The zero-order chi connectivity index (χ0) is 40.7. The van der Waals surface area contributed by atoms with E-state index >= 15 is 0 Å². The number of hydrogen-bond acceptors (Lipinski definition) is 5. The number of carbonyl (C=O) groups excluding carboxylic acids is 2. The molecule has 56 heavy (non-hydrogen) atoms. The first kappa shape index (κ1) is 54.1. The molecular weight excluding hydrogens is 693 g/mol. The lowest BCUT2D eigenvalue weighted by Gasteiger charge is -2.18. The molecule has 0 saturated heterocycles. The molecule has 0 saturated carbocycles. The zero-order valence-corrected chi connectivity index (χ0v) is 37.7. The SMILES string of the molecule is CCCC/C=C\CCCCCCCC(=O)OCC(COCCCCCCCCCCCC/C=C\C/C=C\CCCCC)OC(=O)CCCCCCCCCCC. The van der Waals surface area contributed by atoms with Crippen LogP contribution in [0.2, 0.25) is 0 Å². The Balaban J connectivity index is 4.13. The van der Waals surface area contributed by atoms with Crippen LogP contribution >= 0.6 is 0 Å². The van der Waals surface area contributed by atoms with Gasteiger partial charge in [0, 0.05) is 19.4 Å². The fraction of sp³-hybridized carbons (Fsp3) is 0.843. The maximum Gasteiger partial charge on any atom is 0.306 e. The number of esters is 2. The van der Waals surface area contributed by atoms with E-state index in [0.717, 1.165) is 57.8 Å². The molecule has 1 atom stereocenters. The van der Waals surface area contributed by atoms with E-state index in [1.54, 1.807) is 0 Å². The van der Waals surface area contributed by atoms with Crippen molar-refractivity contribution >= 4 is 11.9 Å². The molecule has 0 aromatic rings. The molecule has 0 radical (unpaired) electrons. The quantitative estimate of drug-likeness (QED) is 0.0349. The van der Waals surface area contributed by atoms with E-state index in [1.807, 2.05) is 0 Å². The Kier molecular flexibility index (Phi) is 45.9. The first-order valence-corrected chi connectivity index (χ1v) is 24.5. The van der Waals surface area contributed by atoms with Crippen molar-refractivity contribution in [2.24, 2.45) is 0 Å². The van der Waals surface area contributed by atoms with Crippen LogP contribution in [0.3, 0.4) is 0 Å². The molecule has 0 aliphatic rings. The average molecular weight is 787 g/mol. The molecule has 0 heterocycles. The lowest BCUT2D eigenvalue weighted by atomic mass is 10.1. The van der Waals surface area contributed by atoms with E-state index < -0.39 is 6.10 Å². The van der Waals surface area contributed by atoms with Crippen molar-refractivity contribution in [3.8, 4) is 0 Å². The van der Waals surface area contributed by atoms with Crippen LogP contribution in [-0.4, -0.2) is 37.9 Å². The van der Waals surface area contributed by atoms with Crippen molar-refractivity contribution in [1.82, 2.24) is 0 Å². The summed E-state index contributed by atoms with van der Waals surface area (Å²) in [6.07, 6.45) is 55.8. The van der Waals surface area contributed by atoms with Crippen LogP contribution in [0.5, 0.6) is 0 Å². The normalized spacial score (nSPS) is 12.4. The molecule has 5 heteroatoms. The fourth-order valence-electron chi connectivity index (χ4n) is 6.93. The van der Waals surface area contributed by atoms with Crippen LogP contribution in [-0.2, 0) is 23.8 Å². The van der Waals surface area contributed by atoms with E-state index in [2.05, 4.69) is 57.2 Å². The minimum atomic E-state index is -0.534. The topological polar surface area (TPSA) is 61.8 Å². The van der Waals surface area contributed by atoms with Gasteiger partial charge in [-0.3, -0.25) is 9.59 Å².